The fraction of sp³-hybridized carbons (Fsp3) is 0.231. The molecule has 2 aromatic rings. The molecule has 0 aliphatic carbocycles. The zero-order chi connectivity index (χ0) is 11.2. The average molecular weight is 216 g/mol. The molecule has 0 spiro atoms. The summed E-state index contributed by atoms with van der Waals surface area (Å²) in [5, 5.41) is 0. The van der Waals surface area contributed by atoms with Gasteiger partial charge >= 0.3 is 0 Å². The monoisotopic (exact) mass is 216 g/mol. The smallest absolute Gasteiger partial charge is 0.105 e. The van der Waals surface area contributed by atoms with Crippen molar-refractivity contribution in [2.24, 2.45) is 5.84 Å². The lowest BCUT2D eigenvalue weighted by Gasteiger charge is -2.14. The summed E-state index contributed by atoms with van der Waals surface area (Å²) in [6, 6.07) is 14.4. The molecule has 0 fully saturated rings. The molecule has 2 rings (SSSR count). The number of hydrazine groups is 1. The number of furan rings is 1. The lowest BCUT2D eigenvalue weighted by molar-refractivity contribution is 0.444. The van der Waals surface area contributed by atoms with Gasteiger partial charge < -0.3 is 4.42 Å². The SMILES string of the molecule is NNC(Cc1ccccc1)Cc1ccco1. The Hall–Kier alpha value is -1.58. The minimum Gasteiger partial charge on any atom is -0.469 e. The van der Waals surface area contributed by atoms with Crippen molar-refractivity contribution >= 4 is 0 Å². The Bertz CT molecular complexity index is 397. The summed E-state index contributed by atoms with van der Waals surface area (Å²) in [5.41, 5.74) is 4.10. The summed E-state index contributed by atoms with van der Waals surface area (Å²) in [5.74, 6) is 6.50. The molecular weight excluding hydrogens is 200 g/mol. The number of hydrogen-bond acceptors (Lipinski definition) is 3. The second kappa shape index (κ2) is 5.49. The van der Waals surface area contributed by atoms with Crippen LogP contribution in [0, 0.1) is 0 Å². The van der Waals surface area contributed by atoms with E-state index in [1.54, 1.807) is 6.26 Å². The fourth-order valence-electron chi connectivity index (χ4n) is 1.76. The van der Waals surface area contributed by atoms with Gasteiger partial charge in [0.1, 0.15) is 5.76 Å². The van der Waals surface area contributed by atoms with E-state index in [2.05, 4.69) is 17.6 Å². The van der Waals surface area contributed by atoms with Crippen LogP contribution < -0.4 is 11.3 Å². The Morgan fingerprint density at radius 3 is 2.50 bits per heavy atom. The first-order valence-electron chi connectivity index (χ1n) is 5.41. The Morgan fingerprint density at radius 2 is 1.88 bits per heavy atom. The predicted octanol–water partition coefficient (Wildman–Crippen LogP) is 1.90. The van der Waals surface area contributed by atoms with Crippen LogP contribution in [0.15, 0.2) is 53.1 Å². The summed E-state index contributed by atoms with van der Waals surface area (Å²) in [4.78, 5) is 0. The molecule has 1 aromatic carbocycles. The Morgan fingerprint density at radius 1 is 1.06 bits per heavy atom. The Balaban J connectivity index is 1.96. The molecule has 0 aliphatic heterocycles. The minimum atomic E-state index is 0.202. The number of hydrogen-bond donors (Lipinski definition) is 2. The molecule has 3 nitrogen and oxygen atoms in total. The summed E-state index contributed by atoms with van der Waals surface area (Å²) in [6.45, 7) is 0. The van der Waals surface area contributed by atoms with E-state index in [9.17, 15) is 0 Å². The topological polar surface area (TPSA) is 51.2 Å². The molecule has 1 unspecified atom stereocenters. The van der Waals surface area contributed by atoms with Crippen LogP contribution in [0.4, 0.5) is 0 Å². The van der Waals surface area contributed by atoms with Crippen molar-refractivity contribution in [3.8, 4) is 0 Å². The molecule has 3 heteroatoms. The van der Waals surface area contributed by atoms with Gasteiger partial charge in [0.15, 0.2) is 0 Å². The molecule has 0 bridgehead atoms. The molecule has 84 valence electrons. The van der Waals surface area contributed by atoms with Crippen LogP contribution in [0.3, 0.4) is 0 Å². The summed E-state index contributed by atoms with van der Waals surface area (Å²) >= 11 is 0. The van der Waals surface area contributed by atoms with E-state index in [1.165, 1.54) is 5.56 Å². The zero-order valence-corrected chi connectivity index (χ0v) is 9.10. The first kappa shape index (κ1) is 10.9. The molecular formula is C13H16N2O. The van der Waals surface area contributed by atoms with Crippen molar-refractivity contribution in [3.05, 3.63) is 60.1 Å². The molecule has 1 aromatic heterocycles. The summed E-state index contributed by atoms with van der Waals surface area (Å²) in [7, 11) is 0. The van der Waals surface area contributed by atoms with Crippen LogP contribution >= 0.6 is 0 Å². The number of nitrogens with one attached hydrogen (secondary N) is 1. The molecule has 0 saturated heterocycles. The Labute approximate surface area is 95.2 Å². The maximum Gasteiger partial charge on any atom is 0.105 e. The Kier molecular flexibility index (Phi) is 3.75. The highest BCUT2D eigenvalue weighted by Crippen LogP contribution is 2.09. The minimum absolute atomic E-state index is 0.202. The van der Waals surface area contributed by atoms with Gasteiger partial charge in [-0.25, -0.2) is 0 Å². The highest BCUT2D eigenvalue weighted by molar-refractivity contribution is 5.16. The van der Waals surface area contributed by atoms with Crippen molar-refractivity contribution in [1.29, 1.82) is 0 Å². The van der Waals surface area contributed by atoms with Gasteiger partial charge in [-0.15, -0.1) is 0 Å². The molecule has 0 saturated carbocycles. The van der Waals surface area contributed by atoms with Gasteiger partial charge in [-0.2, -0.15) is 0 Å². The highest BCUT2D eigenvalue weighted by Gasteiger charge is 2.10. The van der Waals surface area contributed by atoms with Gasteiger partial charge in [-0.1, -0.05) is 30.3 Å². The van der Waals surface area contributed by atoms with Crippen LogP contribution in [0.1, 0.15) is 11.3 Å². The highest BCUT2D eigenvalue weighted by atomic mass is 16.3. The first-order valence-corrected chi connectivity index (χ1v) is 5.41. The predicted molar refractivity (Wildman–Crippen MR) is 63.7 cm³/mol. The van der Waals surface area contributed by atoms with Gasteiger partial charge in [0.25, 0.3) is 0 Å². The van der Waals surface area contributed by atoms with E-state index >= 15 is 0 Å². The van der Waals surface area contributed by atoms with E-state index in [-0.39, 0.29) is 6.04 Å². The molecule has 0 radical (unpaired) electrons. The molecule has 1 atom stereocenters. The average Bonchev–Trinajstić information content (AvgIpc) is 2.82. The molecule has 1 heterocycles. The van der Waals surface area contributed by atoms with Crippen LogP contribution in [-0.2, 0) is 12.8 Å². The lowest BCUT2D eigenvalue weighted by Crippen LogP contribution is -2.38. The van der Waals surface area contributed by atoms with Crippen LogP contribution in [0.5, 0.6) is 0 Å². The third-order valence-electron chi connectivity index (χ3n) is 2.59. The molecule has 16 heavy (non-hydrogen) atoms. The fourth-order valence-corrected chi connectivity index (χ4v) is 1.76. The molecule has 0 amide bonds. The lowest BCUT2D eigenvalue weighted by atomic mass is 10.0. The number of nitrogens with two attached hydrogens (primary N) is 1. The van der Waals surface area contributed by atoms with Gasteiger partial charge in [0.05, 0.1) is 6.26 Å². The number of rotatable bonds is 5. The van der Waals surface area contributed by atoms with E-state index in [4.69, 9.17) is 10.3 Å². The van der Waals surface area contributed by atoms with Crippen LogP contribution in [0.25, 0.3) is 0 Å². The summed E-state index contributed by atoms with van der Waals surface area (Å²) < 4.78 is 5.31. The van der Waals surface area contributed by atoms with Crippen molar-refractivity contribution in [2.45, 2.75) is 18.9 Å². The maximum absolute atomic E-state index is 5.55. The zero-order valence-electron chi connectivity index (χ0n) is 9.10. The normalized spacial score (nSPS) is 12.6. The number of benzene rings is 1. The van der Waals surface area contributed by atoms with Gasteiger partial charge in [-0.05, 0) is 24.1 Å². The van der Waals surface area contributed by atoms with Crippen molar-refractivity contribution < 1.29 is 4.42 Å². The van der Waals surface area contributed by atoms with Crippen molar-refractivity contribution in [1.82, 2.24) is 5.43 Å². The van der Waals surface area contributed by atoms with E-state index in [0.29, 0.717) is 0 Å². The van der Waals surface area contributed by atoms with Gasteiger partial charge in [0.2, 0.25) is 0 Å². The van der Waals surface area contributed by atoms with Crippen molar-refractivity contribution in [2.75, 3.05) is 0 Å². The van der Waals surface area contributed by atoms with E-state index in [1.807, 2.05) is 30.3 Å². The van der Waals surface area contributed by atoms with Gasteiger partial charge in [0, 0.05) is 12.5 Å². The maximum atomic E-state index is 5.55. The first-order chi connectivity index (χ1) is 7.88. The standard InChI is InChI=1S/C13H16N2O/c14-15-12(10-13-7-4-8-16-13)9-11-5-2-1-3-6-11/h1-8,12,15H,9-10,14H2. The third-order valence-corrected chi connectivity index (χ3v) is 2.59. The van der Waals surface area contributed by atoms with Crippen LogP contribution in [-0.4, -0.2) is 6.04 Å². The third kappa shape index (κ3) is 2.95. The summed E-state index contributed by atoms with van der Waals surface area (Å²) in [6.07, 6.45) is 3.39. The molecule has 3 N–H and O–H groups in total. The van der Waals surface area contributed by atoms with Crippen molar-refractivity contribution in [3.63, 3.8) is 0 Å². The van der Waals surface area contributed by atoms with E-state index in [0.717, 1.165) is 18.6 Å². The second-order valence-electron chi connectivity index (χ2n) is 3.84. The van der Waals surface area contributed by atoms with Crippen LogP contribution in [0.2, 0.25) is 0 Å². The van der Waals surface area contributed by atoms with E-state index < -0.39 is 0 Å². The van der Waals surface area contributed by atoms with Gasteiger partial charge in [-0.3, -0.25) is 11.3 Å². The molecule has 0 aliphatic rings. The second-order valence-corrected chi connectivity index (χ2v) is 3.84. The largest absolute Gasteiger partial charge is 0.469 e. The quantitative estimate of drug-likeness (QED) is 0.593.